The van der Waals surface area contributed by atoms with Gasteiger partial charge in [0.2, 0.25) is 0 Å². The monoisotopic (exact) mass is 318 g/mol. The zero-order valence-corrected chi connectivity index (χ0v) is 13.6. The number of hydrogen-bond donors (Lipinski definition) is 2. The summed E-state index contributed by atoms with van der Waals surface area (Å²) in [5, 5.41) is 8.99. The maximum atomic E-state index is 5.41. The van der Waals surface area contributed by atoms with Crippen LogP contribution in [0.4, 0.5) is 11.4 Å². The normalized spacial score (nSPS) is 10.3. The standard InChI is InChI=1S/C20H18N2S/c1-15(14-20(23)22-17-10-3-2-4-11-17)21-19-13-7-9-16-8-5-6-12-18(16)19/h2-13,21H,1,14H2,(H,22,23). The Hall–Kier alpha value is -2.65. The minimum Gasteiger partial charge on any atom is -0.359 e. The molecule has 3 heteroatoms. The Balaban J connectivity index is 1.66. The van der Waals surface area contributed by atoms with E-state index in [-0.39, 0.29) is 0 Å². The largest absolute Gasteiger partial charge is 0.359 e. The maximum Gasteiger partial charge on any atom is 0.0856 e. The highest BCUT2D eigenvalue weighted by Gasteiger charge is 2.04. The Bertz CT molecular complexity index is 835. The highest BCUT2D eigenvalue weighted by Crippen LogP contribution is 2.24. The third-order valence-electron chi connectivity index (χ3n) is 3.53. The van der Waals surface area contributed by atoms with E-state index in [9.17, 15) is 0 Å². The van der Waals surface area contributed by atoms with Crippen molar-refractivity contribution >= 4 is 39.4 Å². The Kier molecular flexibility index (Phi) is 4.69. The zero-order valence-electron chi connectivity index (χ0n) is 12.8. The van der Waals surface area contributed by atoms with Crippen LogP contribution in [0.15, 0.2) is 85.1 Å². The van der Waals surface area contributed by atoms with E-state index in [4.69, 9.17) is 12.2 Å². The first-order chi connectivity index (χ1) is 11.2. The lowest BCUT2D eigenvalue weighted by Crippen LogP contribution is -2.12. The Morgan fingerprint density at radius 3 is 2.35 bits per heavy atom. The van der Waals surface area contributed by atoms with Gasteiger partial charge in [-0.25, -0.2) is 0 Å². The molecular formula is C20H18N2S. The molecule has 0 aliphatic heterocycles. The van der Waals surface area contributed by atoms with Gasteiger partial charge in [0.15, 0.2) is 0 Å². The summed E-state index contributed by atoms with van der Waals surface area (Å²) in [5.41, 5.74) is 2.92. The molecule has 0 aliphatic carbocycles. The molecule has 2 nitrogen and oxygen atoms in total. The highest BCUT2D eigenvalue weighted by molar-refractivity contribution is 7.80. The average Bonchev–Trinajstić information content (AvgIpc) is 2.56. The van der Waals surface area contributed by atoms with Crippen molar-refractivity contribution < 1.29 is 0 Å². The van der Waals surface area contributed by atoms with Crippen LogP contribution in [-0.2, 0) is 0 Å². The molecule has 0 heterocycles. The van der Waals surface area contributed by atoms with Gasteiger partial charge in [-0.05, 0) is 23.6 Å². The smallest absolute Gasteiger partial charge is 0.0856 e. The SMILES string of the molecule is C=C(CC(=S)Nc1ccccc1)Nc1cccc2ccccc12. The molecule has 0 fully saturated rings. The molecule has 3 rings (SSSR count). The van der Waals surface area contributed by atoms with Crippen molar-refractivity contribution in [2.24, 2.45) is 0 Å². The quantitative estimate of drug-likeness (QED) is 0.599. The van der Waals surface area contributed by atoms with Crippen molar-refractivity contribution in [3.8, 4) is 0 Å². The molecule has 0 saturated heterocycles. The van der Waals surface area contributed by atoms with Crippen LogP contribution in [0.2, 0.25) is 0 Å². The summed E-state index contributed by atoms with van der Waals surface area (Å²) in [4.78, 5) is 0.744. The van der Waals surface area contributed by atoms with Crippen LogP contribution in [0.25, 0.3) is 10.8 Å². The van der Waals surface area contributed by atoms with E-state index in [0.29, 0.717) is 6.42 Å². The van der Waals surface area contributed by atoms with Crippen LogP contribution in [0.5, 0.6) is 0 Å². The zero-order chi connectivity index (χ0) is 16.1. The number of anilines is 2. The summed E-state index contributed by atoms with van der Waals surface area (Å²) >= 11 is 5.41. The fraction of sp³-hybridized carbons (Fsp3) is 0.0500. The molecule has 0 aromatic heterocycles. The van der Waals surface area contributed by atoms with Crippen LogP contribution in [0.3, 0.4) is 0 Å². The number of hydrogen-bond acceptors (Lipinski definition) is 2. The molecule has 0 aliphatic rings. The van der Waals surface area contributed by atoms with Crippen molar-refractivity contribution in [2.45, 2.75) is 6.42 Å². The minimum absolute atomic E-state index is 0.591. The van der Waals surface area contributed by atoms with Gasteiger partial charge in [0.1, 0.15) is 0 Å². The molecule has 114 valence electrons. The van der Waals surface area contributed by atoms with Crippen molar-refractivity contribution in [3.63, 3.8) is 0 Å². The lowest BCUT2D eigenvalue weighted by Gasteiger charge is -2.14. The van der Waals surface area contributed by atoms with Crippen LogP contribution < -0.4 is 10.6 Å². The summed E-state index contributed by atoms with van der Waals surface area (Å²) in [5.74, 6) is 0. The highest BCUT2D eigenvalue weighted by atomic mass is 32.1. The Morgan fingerprint density at radius 2 is 1.52 bits per heavy atom. The van der Waals surface area contributed by atoms with Gasteiger partial charge in [-0.1, -0.05) is 73.4 Å². The van der Waals surface area contributed by atoms with E-state index in [1.54, 1.807) is 0 Å². The second-order valence-electron chi connectivity index (χ2n) is 5.35. The summed E-state index contributed by atoms with van der Waals surface area (Å²) in [6, 6.07) is 24.4. The molecular weight excluding hydrogens is 300 g/mol. The van der Waals surface area contributed by atoms with Crippen LogP contribution in [-0.4, -0.2) is 4.99 Å². The summed E-state index contributed by atoms with van der Waals surface area (Å²) in [7, 11) is 0. The fourth-order valence-corrected chi connectivity index (χ4v) is 2.78. The fourth-order valence-electron chi connectivity index (χ4n) is 2.49. The second-order valence-corrected chi connectivity index (χ2v) is 5.84. The predicted octanol–water partition coefficient (Wildman–Crippen LogP) is 5.60. The lowest BCUT2D eigenvalue weighted by molar-refractivity contribution is 1.30. The first-order valence-corrected chi connectivity index (χ1v) is 7.91. The van der Waals surface area contributed by atoms with Crippen LogP contribution in [0, 0.1) is 0 Å². The first-order valence-electron chi connectivity index (χ1n) is 7.50. The summed E-state index contributed by atoms with van der Waals surface area (Å²) < 4.78 is 0. The van der Waals surface area contributed by atoms with Gasteiger partial charge in [0.05, 0.1) is 4.99 Å². The Labute approximate surface area is 141 Å². The van der Waals surface area contributed by atoms with Gasteiger partial charge in [0.25, 0.3) is 0 Å². The number of thiocarbonyl (C=S) groups is 1. The Morgan fingerprint density at radius 1 is 0.826 bits per heavy atom. The number of nitrogens with one attached hydrogen (secondary N) is 2. The third-order valence-corrected chi connectivity index (χ3v) is 3.78. The minimum atomic E-state index is 0.591. The van der Waals surface area contributed by atoms with Crippen molar-refractivity contribution in [2.75, 3.05) is 10.6 Å². The van der Waals surface area contributed by atoms with E-state index in [0.717, 1.165) is 22.1 Å². The van der Waals surface area contributed by atoms with E-state index in [1.165, 1.54) is 10.8 Å². The van der Waals surface area contributed by atoms with Crippen LogP contribution >= 0.6 is 12.2 Å². The molecule has 23 heavy (non-hydrogen) atoms. The van der Waals surface area contributed by atoms with Crippen molar-refractivity contribution in [1.29, 1.82) is 0 Å². The van der Waals surface area contributed by atoms with Gasteiger partial charge < -0.3 is 10.6 Å². The maximum absolute atomic E-state index is 5.41. The van der Waals surface area contributed by atoms with Gasteiger partial charge in [0, 0.05) is 28.9 Å². The first kappa shape index (κ1) is 15.3. The molecule has 2 N–H and O–H groups in total. The van der Waals surface area contributed by atoms with E-state index >= 15 is 0 Å². The molecule has 3 aromatic carbocycles. The topological polar surface area (TPSA) is 24.1 Å². The molecule has 0 unspecified atom stereocenters. The van der Waals surface area contributed by atoms with E-state index in [1.807, 2.05) is 48.5 Å². The van der Waals surface area contributed by atoms with Crippen molar-refractivity contribution in [3.05, 3.63) is 85.1 Å². The number of benzene rings is 3. The van der Waals surface area contributed by atoms with E-state index in [2.05, 4.69) is 41.5 Å². The lowest BCUT2D eigenvalue weighted by atomic mass is 10.1. The summed E-state index contributed by atoms with van der Waals surface area (Å²) in [6.07, 6.45) is 0.591. The average molecular weight is 318 g/mol. The molecule has 0 spiro atoms. The molecule has 0 bridgehead atoms. The van der Waals surface area contributed by atoms with Gasteiger partial charge in [-0.2, -0.15) is 0 Å². The second kappa shape index (κ2) is 7.07. The summed E-state index contributed by atoms with van der Waals surface area (Å²) in [6.45, 7) is 4.10. The number of rotatable bonds is 5. The molecule has 0 radical (unpaired) electrons. The van der Waals surface area contributed by atoms with Gasteiger partial charge in [-0.15, -0.1) is 0 Å². The molecule has 0 atom stereocenters. The predicted molar refractivity (Wildman–Crippen MR) is 104 cm³/mol. The van der Waals surface area contributed by atoms with Crippen molar-refractivity contribution in [1.82, 2.24) is 0 Å². The van der Waals surface area contributed by atoms with Gasteiger partial charge in [-0.3, -0.25) is 0 Å². The third kappa shape index (κ3) is 3.96. The number of fused-ring (bicyclic) bond motifs is 1. The molecule has 0 amide bonds. The van der Waals surface area contributed by atoms with E-state index < -0.39 is 0 Å². The van der Waals surface area contributed by atoms with Crippen LogP contribution in [0.1, 0.15) is 6.42 Å². The number of para-hydroxylation sites is 1. The van der Waals surface area contributed by atoms with Gasteiger partial charge >= 0.3 is 0 Å². The molecule has 0 saturated carbocycles. The molecule has 3 aromatic rings.